The molecule has 3 nitrogen and oxygen atoms in total. The Bertz CT molecular complexity index is 467. The van der Waals surface area contributed by atoms with Crippen molar-refractivity contribution < 1.29 is 4.39 Å². The molecule has 0 amide bonds. The van der Waals surface area contributed by atoms with Crippen molar-refractivity contribution >= 4 is 17.4 Å². The van der Waals surface area contributed by atoms with Crippen molar-refractivity contribution in [2.75, 3.05) is 5.73 Å². The Morgan fingerprint density at radius 1 is 1.36 bits per heavy atom. The lowest BCUT2D eigenvalue weighted by molar-refractivity contribution is 0.628. The molecular formula is C9H7ClFN3. The van der Waals surface area contributed by atoms with Gasteiger partial charge in [0.1, 0.15) is 11.6 Å². The quantitative estimate of drug-likeness (QED) is 0.761. The number of nitrogen functional groups attached to an aromatic ring is 1. The lowest BCUT2D eigenvalue weighted by Gasteiger charge is -1.98. The molecule has 1 aromatic carbocycles. The van der Waals surface area contributed by atoms with Crippen LogP contribution in [0, 0.1) is 5.82 Å². The molecule has 0 radical (unpaired) electrons. The molecule has 2 aromatic rings. The SMILES string of the molecule is Nc1cc(-c2ccc(Cl)c(F)c2)[nH]n1. The fourth-order valence-corrected chi connectivity index (χ4v) is 1.27. The summed E-state index contributed by atoms with van der Waals surface area (Å²) in [5.74, 6) is -0.0901. The van der Waals surface area contributed by atoms with E-state index in [1.54, 1.807) is 12.1 Å². The van der Waals surface area contributed by atoms with Gasteiger partial charge in [-0.1, -0.05) is 17.7 Å². The van der Waals surface area contributed by atoms with Gasteiger partial charge in [-0.3, -0.25) is 5.10 Å². The zero-order valence-electron chi connectivity index (χ0n) is 7.09. The summed E-state index contributed by atoms with van der Waals surface area (Å²) in [5.41, 5.74) is 6.75. The third-order valence-electron chi connectivity index (χ3n) is 1.83. The number of nitrogens with two attached hydrogens (primary N) is 1. The summed E-state index contributed by atoms with van der Waals surface area (Å²) >= 11 is 5.55. The highest BCUT2D eigenvalue weighted by Gasteiger charge is 2.05. The van der Waals surface area contributed by atoms with Crippen molar-refractivity contribution in [3.8, 4) is 11.3 Å². The first kappa shape index (κ1) is 9.02. The maximum Gasteiger partial charge on any atom is 0.145 e. The van der Waals surface area contributed by atoms with Crippen LogP contribution in [0.3, 0.4) is 0 Å². The van der Waals surface area contributed by atoms with Gasteiger partial charge in [0, 0.05) is 11.6 Å². The highest BCUT2D eigenvalue weighted by Crippen LogP contribution is 2.23. The lowest BCUT2D eigenvalue weighted by atomic mass is 10.1. The van der Waals surface area contributed by atoms with Crippen LogP contribution in [-0.4, -0.2) is 10.2 Å². The maximum absolute atomic E-state index is 13.1. The molecule has 0 bridgehead atoms. The van der Waals surface area contributed by atoms with Gasteiger partial charge in [0.25, 0.3) is 0 Å². The number of nitrogens with zero attached hydrogens (tertiary/aromatic N) is 1. The number of nitrogens with one attached hydrogen (secondary N) is 1. The van der Waals surface area contributed by atoms with E-state index in [4.69, 9.17) is 17.3 Å². The highest BCUT2D eigenvalue weighted by atomic mass is 35.5. The first-order chi connectivity index (χ1) is 6.66. The maximum atomic E-state index is 13.1. The number of anilines is 1. The van der Waals surface area contributed by atoms with Gasteiger partial charge in [0.15, 0.2) is 0 Å². The minimum atomic E-state index is -0.461. The molecule has 1 aromatic heterocycles. The predicted octanol–water partition coefficient (Wildman–Crippen LogP) is 2.45. The standard InChI is InChI=1S/C9H7ClFN3/c10-6-2-1-5(3-7(6)11)8-4-9(12)14-13-8/h1-4H,(H3,12,13,14). The van der Waals surface area contributed by atoms with Crippen LogP contribution in [0.25, 0.3) is 11.3 Å². The van der Waals surface area contributed by atoms with E-state index in [0.29, 0.717) is 17.1 Å². The minimum absolute atomic E-state index is 0.0984. The Labute approximate surface area is 84.7 Å². The van der Waals surface area contributed by atoms with Gasteiger partial charge in [-0.15, -0.1) is 0 Å². The molecule has 0 aliphatic carbocycles. The number of halogens is 2. The smallest absolute Gasteiger partial charge is 0.145 e. The van der Waals surface area contributed by atoms with E-state index in [9.17, 15) is 4.39 Å². The summed E-state index contributed by atoms with van der Waals surface area (Å²) in [6, 6.07) is 6.14. The number of rotatable bonds is 1. The Balaban J connectivity index is 2.47. The van der Waals surface area contributed by atoms with Crippen molar-refractivity contribution in [3.05, 3.63) is 35.1 Å². The van der Waals surface area contributed by atoms with E-state index < -0.39 is 5.82 Å². The van der Waals surface area contributed by atoms with E-state index >= 15 is 0 Å². The van der Waals surface area contributed by atoms with E-state index in [-0.39, 0.29) is 5.02 Å². The van der Waals surface area contributed by atoms with Crippen LogP contribution in [0.5, 0.6) is 0 Å². The zero-order valence-corrected chi connectivity index (χ0v) is 7.85. The molecule has 5 heteroatoms. The highest BCUT2D eigenvalue weighted by molar-refractivity contribution is 6.30. The van der Waals surface area contributed by atoms with Crippen LogP contribution in [0.2, 0.25) is 5.02 Å². The average Bonchev–Trinajstić information content (AvgIpc) is 2.57. The molecule has 14 heavy (non-hydrogen) atoms. The van der Waals surface area contributed by atoms with Crippen molar-refractivity contribution in [1.82, 2.24) is 10.2 Å². The third-order valence-corrected chi connectivity index (χ3v) is 2.13. The van der Waals surface area contributed by atoms with Crippen LogP contribution in [0.15, 0.2) is 24.3 Å². The molecule has 72 valence electrons. The molecule has 0 spiro atoms. The summed E-state index contributed by atoms with van der Waals surface area (Å²) in [7, 11) is 0. The van der Waals surface area contributed by atoms with Crippen LogP contribution in [0.4, 0.5) is 10.2 Å². The van der Waals surface area contributed by atoms with Crippen LogP contribution in [0.1, 0.15) is 0 Å². The van der Waals surface area contributed by atoms with Crippen LogP contribution < -0.4 is 5.73 Å². The van der Waals surface area contributed by atoms with Crippen molar-refractivity contribution in [2.24, 2.45) is 0 Å². The molecule has 2 rings (SSSR count). The number of H-pyrrole nitrogens is 1. The second-order valence-corrected chi connectivity index (χ2v) is 3.24. The second kappa shape index (κ2) is 3.31. The monoisotopic (exact) mass is 211 g/mol. The van der Waals surface area contributed by atoms with E-state index in [0.717, 1.165) is 0 Å². The molecule has 0 unspecified atom stereocenters. The van der Waals surface area contributed by atoms with E-state index in [2.05, 4.69) is 10.2 Å². The van der Waals surface area contributed by atoms with Gasteiger partial charge in [-0.05, 0) is 12.1 Å². The Kier molecular flexibility index (Phi) is 2.13. The minimum Gasteiger partial charge on any atom is -0.382 e. The first-order valence-electron chi connectivity index (χ1n) is 3.93. The Morgan fingerprint density at radius 2 is 2.14 bits per heavy atom. The van der Waals surface area contributed by atoms with Gasteiger partial charge in [0.05, 0.1) is 10.7 Å². The fourth-order valence-electron chi connectivity index (χ4n) is 1.15. The van der Waals surface area contributed by atoms with Gasteiger partial charge in [0.2, 0.25) is 0 Å². The van der Waals surface area contributed by atoms with E-state index in [1.165, 1.54) is 12.1 Å². The number of aromatic nitrogens is 2. The number of hydrogen-bond acceptors (Lipinski definition) is 2. The summed E-state index contributed by atoms with van der Waals surface area (Å²) in [4.78, 5) is 0. The van der Waals surface area contributed by atoms with Crippen molar-refractivity contribution in [2.45, 2.75) is 0 Å². The number of hydrogen-bond donors (Lipinski definition) is 2. The second-order valence-electron chi connectivity index (χ2n) is 2.84. The van der Waals surface area contributed by atoms with Crippen LogP contribution >= 0.6 is 11.6 Å². The van der Waals surface area contributed by atoms with Crippen LogP contribution in [-0.2, 0) is 0 Å². The molecule has 3 N–H and O–H groups in total. The topological polar surface area (TPSA) is 54.7 Å². The summed E-state index contributed by atoms with van der Waals surface area (Å²) in [6.07, 6.45) is 0. The first-order valence-corrected chi connectivity index (χ1v) is 4.31. The van der Waals surface area contributed by atoms with Gasteiger partial charge >= 0.3 is 0 Å². The third kappa shape index (κ3) is 1.56. The zero-order chi connectivity index (χ0) is 10.1. The van der Waals surface area contributed by atoms with E-state index in [1.807, 2.05) is 0 Å². The molecule has 0 atom stereocenters. The number of benzene rings is 1. The molecule has 0 fully saturated rings. The molecule has 0 saturated carbocycles. The largest absolute Gasteiger partial charge is 0.382 e. The average molecular weight is 212 g/mol. The molecule has 0 saturated heterocycles. The molecule has 0 aliphatic rings. The molecular weight excluding hydrogens is 205 g/mol. The summed E-state index contributed by atoms with van der Waals surface area (Å²) < 4.78 is 13.1. The fraction of sp³-hybridized carbons (Fsp3) is 0. The van der Waals surface area contributed by atoms with Crippen molar-refractivity contribution in [1.29, 1.82) is 0 Å². The predicted molar refractivity (Wildman–Crippen MR) is 53.4 cm³/mol. The van der Waals surface area contributed by atoms with Gasteiger partial charge in [-0.25, -0.2) is 4.39 Å². The summed E-state index contributed by atoms with van der Waals surface area (Å²) in [5, 5.41) is 6.52. The Morgan fingerprint density at radius 3 is 2.71 bits per heavy atom. The van der Waals surface area contributed by atoms with Gasteiger partial charge in [-0.2, -0.15) is 5.10 Å². The van der Waals surface area contributed by atoms with Gasteiger partial charge < -0.3 is 5.73 Å². The number of aromatic amines is 1. The molecule has 1 heterocycles. The lowest BCUT2D eigenvalue weighted by Crippen LogP contribution is -1.81. The Hall–Kier alpha value is -1.55. The molecule has 0 aliphatic heterocycles. The normalized spacial score (nSPS) is 10.4. The van der Waals surface area contributed by atoms with Crippen molar-refractivity contribution in [3.63, 3.8) is 0 Å². The summed E-state index contributed by atoms with van der Waals surface area (Å²) in [6.45, 7) is 0.